The predicted molar refractivity (Wildman–Crippen MR) is 102 cm³/mol. The maximum absolute atomic E-state index is 10.9. The van der Waals surface area contributed by atoms with Crippen molar-refractivity contribution >= 4 is 40.6 Å². The zero-order valence-electron chi connectivity index (χ0n) is 13.5. The molecule has 0 bridgehead atoms. The van der Waals surface area contributed by atoms with E-state index in [0.29, 0.717) is 16.9 Å². The Morgan fingerprint density at radius 2 is 1.46 bits per heavy atom. The van der Waals surface area contributed by atoms with Gasteiger partial charge in [0.15, 0.2) is 0 Å². The van der Waals surface area contributed by atoms with Gasteiger partial charge in [-0.25, -0.2) is 0 Å². The summed E-state index contributed by atoms with van der Waals surface area (Å²) in [5, 5.41) is 19.3. The Bertz CT molecular complexity index is 971. The number of halogens is 1. The molecule has 7 heteroatoms. The van der Waals surface area contributed by atoms with E-state index in [1.807, 2.05) is 30.3 Å². The Hall–Kier alpha value is -3.38. The summed E-state index contributed by atoms with van der Waals surface area (Å²) in [7, 11) is 0. The summed E-state index contributed by atoms with van der Waals surface area (Å²) in [6, 6.07) is 21.2. The minimum atomic E-state index is -0.522. The van der Waals surface area contributed by atoms with E-state index in [-0.39, 0.29) is 10.7 Å². The number of azo groups is 1. The molecular formula is C19H13ClN4O2. The summed E-state index contributed by atoms with van der Waals surface area (Å²) >= 11 is 5.79. The number of nitro groups is 1. The second kappa shape index (κ2) is 8.13. The first-order valence-corrected chi connectivity index (χ1v) is 8.04. The molecular weight excluding hydrogens is 352 g/mol. The molecule has 0 aromatic heterocycles. The van der Waals surface area contributed by atoms with E-state index in [4.69, 9.17) is 11.6 Å². The lowest BCUT2D eigenvalue weighted by atomic mass is 10.2. The average Bonchev–Trinajstić information content (AvgIpc) is 2.67. The largest absolute Gasteiger partial charge is 0.288 e. The van der Waals surface area contributed by atoms with Crippen molar-refractivity contribution in [2.75, 3.05) is 0 Å². The summed E-state index contributed by atoms with van der Waals surface area (Å²) in [4.78, 5) is 14.7. The van der Waals surface area contributed by atoms with Gasteiger partial charge < -0.3 is 0 Å². The van der Waals surface area contributed by atoms with Gasteiger partial charge in [-0.3, -0.25) is 15.1 Å². The van der Waals surface area contributed by atoms with Gasteiger partial charge in [0, 0.05) is 12.3 Å². The van der Waals surface area contributed by atoms with Crippen LogP contribution in [0.1, 0.15) is 5.56 Å². The number of hydrogen-bond acceptors (Lipinski definition) is 5. The van der Waals surface area contributed by atoms with Crippen LogP contribution in [0.3, 0.4) is 0 Å². The van der Waals surface area contributed by atoms with Crippen molar-refractivity contribution in [3.63, 3.8) is 0 Å². The van der Waals surface area contributed by atoms with Gasteiger partial charge in [0.25, 0.3) is 5.69 Å². The lowest BCUT2D eigenvalue weighted by Crippen LogP contribution is -1.91. The Morgan fingerprint density at radius 1 is 0.846 bits per heavy atom. The fraction of sp³-hybridized carbons (Fsp3) is 0. The minimum absolute atomic E-state index is 0.0975. The first kappa shape index (κ1) is 17.4. The van der Waals surface area contributed by atoms with Gasteiger partial charge in [0.05, 0.1) is 22.0 Å². The molecule has 0 saturated carbocycles. The molecule has 0 saturated heterocycles. The molecule has 3 aromatic rings. The van der Waals surface area contributed by atoms with Crippen molar-refractivity contribution in [3.05, 3.63) is 93.5 Å². The van der Waals surface area contributed by atoms with Crippen molar-refractivity contribution in [1.82, 2.24) is 0 Å². The Kier molecular flexibility index (Phi) is 5.46. The quantitative estimate of drug-likeness (QED) is 0.227. The van der Waals surface area contributed by atoms with Crippen LogP contribution >= 0.6 is 11.6 Å². The van der Waals surface area contributed by atoms with Gasteiger partial charge >= 0.3 is 0 Å². The van der Waals surface area contributed by atoms with Crippen LogP contribution < -0.4 is 0 Å². The molecule has 0 atom stereocenters. The molecule has 26 heavy (non-hydrogen) atoms. The van der Waals surface area contributed by atoms with Crippen LogP contribution in [0, 0.1) is 10.1 Å². The van der Waals surface area contributed by atoms with Crippen molar-refractivity contribution in [1.29, 1.82) is 0 Å². The molecule has 3 aromatic carbocycles. The predicted octanol–water partition coefficient (Wildman–Crippen LogP) is 6.41. The molecule has 0 spiro atoms. The minimum Gasteiger partial charge on any atom is -0.258 e. The molecule has 6 nitrogen and oxygen atoms in total. The van der Waals surface area contributed by atoms with Crippen LogP contribution in [0.4, 0.5) is 22.7 Å². The Labute approximate surface area is 154 Å². The number of aliphatic imine (C=N–C) groups is 1. The van der Waals surface area contributed by atoms with Crippen molar-refractivity contribution in [2.45, 2.75) is 0 Å². The standard InChI is InChI=1S/C19H13ClN4O2/c20-18-11-6-14(12-19(18)24(25)26)13-21-15-7-9-17(10-8-15)23-22-16-4-2-1-3-5-16/h1-13H. The zero-order valence-corrected chi connectivity index (χ0v) is 14.2. The van der Waals surface area contributed by atoms with E-state index in [9.17, 15) is 10.1 Å². The van der Waals surface area contributed by atoms with Crippen LogP contribution in [0.25, 0.3) is 0 Å². The van der Waals surface area contributed by atoms with E-state index in [2.05, 4.69) is 15.2 Å². The molecule has 128 valence electrons. The molecule has 3 rings (SSSR count). The molecule has 0 unspecified atom stereocenters. The topological polar surface area (TPSA) is 80.2 Å². The monoisotopic (exact) mass is 364 g/mol. The van der Waals surface area contributed by atoms with Gasteiger partial charge in [-0.2, -0.15) is 10.2 Å². The summed E-state index contributed by atoms with van der Waals surface area (Å²) in [5.41, 5.74) is 2.62. The summed E-state index contributed by atoms with van der Waals surface area (Å²) in [6.45, 7) is 0. The maximum Gasteiger partial charge on any atom is 0.288 e. The highest BCUT2D eigenvalue weighted by Gasteiger charge is 2.11. The van der Waals surface area contributed by atoms with E-state index >= 15 is 0 Å². The third-order valence-electron chi connectivity index (χ3n) is 3.42. The zero-order chi connectivity index (χ0) is 18.4. The van der Waals surface area contributed by atoms with Gasteiger partial charge in [0.1, 0.15) is 5.02 Å². The van der Waals surface area contributed by atoms with Crippen LogP contribution in [-0.4, -0.2) is 11.1 Å². The molecule has 0 N–H and O–H groups in total. The highest BCUT2D eigenvalue weighted by atomic mass is 35.5. The van der Waals surface area contributed by atoms with Crippen LogP contribution in [-0.2, 0) is 0 Å². The third-order valence-corrected chi connectivity index (χ3v) is 3.74. The van der Waals surface area contributed by atoms with E-state index in [1.54, 1.807) is 36.5 Å². The van der Waals surface area contributed by atoms with Gasteiger partial charge in [-0.1, -0.05) is 35.9 Å². The molecule has 0 radical (unpaired) electrons. The number of nitrogens with zero attached hydrogens (tertiary/aromatic N) is 4. The molecule has 0 heterocycles. The molecule has 0 aliphatic rings. The van der Waals surface area contributed by atoms with Crippen LogP contribution in [0.2, 0.25) is 5.02 Å². The summed E-state index contributed by atoms with van der Waals surface area (Å²) in [5.74, 6) is 0. The van der Waals surface area contributed by atoms with Crippen molar-refractivity contribution in [3.8, 4) is 0 Å². The lowest BCUT2D eigenvalue weighted by Gasteiger charge is -1.98. The second-order valence-electron chi connectivity index (χ2n) is 5.28. The first-order chi connectivity index (χ1) is 12.6. The third kappa shape index (κ3) is 4.58. The summed E-state index contributed by atoms with van der Waals surface area (Å²) in [6.07, 6.45) is 1.55. The number of hydrogen-bond donors (Lipinski definition) is 0. The van der Waals surface area contributed by atoms with Gasteiger partial charge in [0.2, 0.25) is 0 Å². The van der Waals surface area contributed by atoms with E-state index < -0.39 is 4.92 Å². The van der Waals surface area contributed by atoms with Crippen LogP contribution in [0.5, 0.6) is 0 Å². The normalized spacial score (nSPS) is 11.3. The number of rotatable bonds is 5. The van der Waals surface area contributed by atoms with Crippen LogP contribution in [0.15, 0.2) is 88.0 Å². The fourth-order valence-electron chi connectivity index (χ4n) is 2.11. The molecule has 0 aliphatic heterocycles. The maximum atomic E-state index is 10.9. The average molecular weight is 365 g/mol. The Morgan fingerprint density at radius 3 is 2.12 bits per heavy atom. The Balaban J connectivity index is 1.71. The van der Waals surface area contributed by atoms with Gasteiger partial charge in [-0.15, -0.1) is 0 Å². The SMILES string of the molecule is O=[N+]([O-])c1cc(C=Nc2ccc(N=Nc3ccccc3)cc2)ccc1Cl. The number of nitro benzene ring substituents is 1. The number of benzene rings is 3. The molecule has 0 aliphatic carbocycles. The second-order valence-corrected chi connectivity index (χ2v) is 5.69. The van der Waals surface area contributed by atoms with Crippen molar-refractivity contribution < 1.29 is 4.92 Å². The van der Waals surface area contributed by atoms with Crippen molar-refractivity contribution in [2.24, 2.45) is 15.2 Å². The fourth-order valence-corrected chi connectivity index (χ4v) is 2.30. The molecule has 0 amide bonds. The molecule has 0 fully saturated rings. The lowest BCUT2D eigenvalue weighted by molar-refractivity contribution is -0.384. The van der Waals surface area contributed by atoms with Gasteiger partial charge in [-0.05, 0) is 48.0 Å². The van der Waals surface area contributed by atoms with E-state index in [1.165, 1.54) is 12.1 Å². The highest BCUT2D eigenvalue weighted by molar-refractivity contribution is 6.32. The first-order valence-electron chi connectivity index (χ1n) is 7.67. The van der Waals surface area contributed by atoms with E-state index in [0.717, 1.165) is 5.69 Å². The smallest absolute Gasteiger partial charge is 0.258 e. The highest BCUT2D eigenvalue weighted by Crippen LogP contribution is 2.25. The summed E-state index contributed by atoms with van der Waals surface area (Å²) < 4.78 is 0.